The Morgan fingerprint density at radius 3 is 2.24 bits per heavy atom. The van der Waals surface area contributed by atoms with Crippen LogP contribution in [-0.2, 0) is 7.05 Å². The van der Waals surface area contributed by atoms with Crippen molar-refractivity contribution in [2.75, 3.05) is 0 Å². The van der Waals surface area contributed by atoms with Crippen LogP contribution >= 0.6 is 0 Å². The smallest absolute Gasteiger partial charge is 0.200 e. The first-order valence-electron chi connectivity index (χ1n) is 12.8. The van der Waals surface area contributed by atoms with Gasteiger partial charge < -0.3 is 0 Å². The molecule has 1 aliphatic rings. The monoisotopic (exact) mass is 464 g/mol. The van der Waals surface area contributed by atoms with Crippen LogP contribution in [0.5, 0.6) is 0 Å². The van der Waals surface area contributed by atoms with E-state index in [1.165, 1.54) is 69.2 Å². The number of fused-ring (bicyclic) bond motifs is 1. The first kappa shape index (κ1) is 23.0. The van der Waals surface area contributed by atoms with Gasteiger partial charge in [-0.3, -0.25) is 0 Å². The molecule has 0 bridgehead atoms. The third-order valence-electron chi connectivity index (χ3n) is 8.57. The van der Waals surface area contributed by atoms with Crippen LogP contribution in [-0.4, -0.2) is 8.07 Å². The summed E-state index contributed by atoms with van der Waals surface area (Å²) in [5, 5.41) is 4.38. The molecule has 0 N–H and O–H groups in total. The molecule has 0 spiro atoms. The fraction of sp³-hybridized carbons (Fsp3) is 0.344. The van der Waals surface area contributed by atoms with E-state index in [4.69, 9.17) is 0 Å². The lowest BCUT2D eigenvalue weighted by Gasteiger charge is -2.40. The van der Waals surface area contributed by atoms with Gasteiger partial charge in [0.25, 0.3) is 0 Å². The maximum Gasteiger partial charge on any atom is 0.220 e. The van der Waals surface area contributed by atoms with Gasteiger partial charge in [0.1, 0.15) is 7.05 Å². The molecule has 0 amide bonds. The molecule has 1 aromatic heterocycles. The average Bonchev–Trinajstić information content (AvgIpc) is 2.83. The molecule has 0 saturated carbocycles. The van der Waals surface area contributed by atoms with E-state index in [0.29, 0.717) is 5.41 Å². The Balaban J connectivity index is 1.64. The fourth-order valence-corrected chi connectivity index (χ4v) is 10.0. The van der Waals surface area contributed by atoms with Crippen molar-refractivity contribution in [3.05, 3.63) is 84.1 Å². The predicted molar refractivity (Wildman–Crippen MR) is 149 cm³/mol. The lowest BCUT2D eigenvalue weighted by molar-refractivity contribution is -0.659. The number of rotatable bonds is 3. The summed E-state index contributed by atoms with van der Waals surface area (Å²) in [4.78, 5) is 0. The van der Waals surface area contributed by atoms with Gasteiger partial charge in [-0.1, -0.05) is 99.0 Å². The van der Waals surface area contributed by atoms with Crippen LogP contribution in [0.25, 0.3) is 33.2 Å². The largest absolute Gasteiger partial charge is 0.220 e. The Labute approximate surface area is 206 Å². The highest BCUT2D eigenvalue weighted by atomic mass is 28.3. The quantitative estimate of drug-likeness (QED) is 0.216. The van der Waals surface area contributed by atoms with E-state index in [0.717, 1.165) is 0 Å². The second kappa shape index (κ2) is 8.50. The molecule has 34 heavy (non-hydrogen) atoms. The van der Waals surface area contributed by atoms with Crippen LogP contribution in [0.4, 0.5) is 0 Å². The van der Waals surface area contributed by atoms with Gasteiger partial charge in [0, 0.05) is 6.07 Å². The molecule has 0 unspecified atom stereocenters. The maximum absolute atomic E-state index is 2.62. The van der Waals surface area contributed by atoms with E-state index in [2.05, 4.69) is 119 Å². The lowest BCUT2D eigenvalue weighted by Crippen LogP contribution is -2.48. The molecule has 0 radical (unpaired) electrons. The Hall–Kier alpha value is -2.71. The van der Waals surface area contributed by atoms with Crippen LogP contribution in [0.15, 0.2) is 72.9 Å². The Morgan fingerprint density at radius 1 is 0.824 bits per heavy atom. The van der Waals surface area contributed by atoms with Crippen molar-refractivity contribution in [1.82, 2.24) is 0 Å². The third kappa shape index (κ3) is 4.13. The van der Waals surface area contributed by atoms with Gasteiger partial charge in [-0.15, -0.1) is 0 Å². The summed E-state index contributed by atoms with van der Waals surface area (Å²) in [6, 6.07) is 28.0. The van der Waals surface area contributed by atoms with E-state index in [-0.39, 0.29) is 0 Å². The Bertz CT molecular complexity index is 1360. The molecule has 1 fully saturated rings. The normalized spacial score (nSPS) is 17.1. The van der Waals surface area contributed by atoms with Gasteiger partial charge in [-0.2, -0.15) is 0 Å². The van der Waals surface area contributed by atoms with Gasteiger partial charge in [0.05, 0.1) is 19.0 Å². The molecule has 174 valence electrons. The van der Waals surface area contributed by atoms with Crippen LogP contribution in [0, 0.1) is 19.3 Å². The number of pyridine rings is 1. The van der Waals surface area contributed by atoms with Crippen molar-refractivity contribution >= 4 is 24.0 Å². The van der Waals surface area contributed by atoms with Crippen molar-refractivity contribution in [2.24, 2.45) is 12.5 Å². The number of aromatic nitrogens is 1. The molecular weight excluding hydrogens is 426 g/mol. The number of hydrogen-bond donors (Lipinski definition) is 0. The lowest BCUT2D eigenvalue weighted by atomic mass is 9.87. The third-order valence-corrected chi connectivity index (χ3v) is 13.0. The Morgan fingerprint density at radius 2 is 1.53 bits per heavy atom. The SMILES string of the molecule is Cc1cc(-c2ccccc2)cc(-c2c3ccc([Si]4(C)CCC(C)(C)CC4)cc3cc[n+]2C)c1C. The highest BCUT2D eigenvalue weighted by Crippen LogP contribution is 2.41. The van der Waals surface area contributed by atoms with Gasteiger partial charge in [0.2, 0.25) is 5.69 Å². The van der Waals surface area contributed by atoms with Gasteiger partial charge in [-0.25, -0.2) is 4.57 Å². The van der Waals surface area contributed by atoms with Gasteiger partial charge in [-0.05, 0) is 59.0 Å². The number of nitrogens with zero attached hydrogens (tertiary/aromatic N) is 1. The summed E-state index contributed by atoms with van der Waals surface area (Å²) in [7, 11) is 0.778. The van der Waals surface area contributed by atoms with Crippen molar-refractivity contribution < 1.29 is 4.57 Å². The Kier molecular flexibility index (Phi) is 5.76. The van der Waals surface area contributed by atoms with E-state index in [9.17, 15) is 0 Å². The molecule has 1 saturated heterocycles. The highest BCUT2D eigenvalue weighted by Gasteiger charge is 2.38. The zero-order valence-corrected chi connectivity index (χ0v) is 22.7. The summed E-state index contributed by atoms with van der Waals surface area (Å²) in [6.45, 7) is 12.0. The topological polar surface area (TPSA) is 3.88 Å². The summed E-state index contributed by atoms with van der Waals surface area (Å²) in [5.41, 5.74) is 8.44. The van der Waals surface area contributed by atoms with Crippen LogP contribution in [0.3, 0.4) is 0 Å². The standard InChI is InChI=1S/C32H38NSi/c1-23-20-27(25-10-8-7-9-11-25)22-30(24(23)2)31-29-13-12-28(21-26(29)14-17-33(31)5)34(6)18-15-32(3,4)16-19-34/h7-14,17,20-22H,15-16,18-19H2,1-6H3/q+1. The van der Waals surface area contributed by atoms with E-state index in [1.807, 2.05) is 0 Å². The fourth-order valence-electron chi connectivity index (χ4n) is 5.75. The molecule has 1 nitrogen and oxygen atoms in total. The summed E-state index contributed by atoms with van der Waals surface area (Å²) in [5.74, 6) is 0. The number of hydrogen-bond acceptors (Lipinski definition) is 0. The van der Waals surface area contributed by atoms with Crippen molar-refractivity contribution in [3.8, 4) is 22.4 Å². The molecular formula is C32H38NSi+. The minimum absolute atomic E-state index is 0.517. The summed E-state index contributed by atoms with van der Waals surface area (Å²) >= 11 is 0. The van der Waals surface area contributed by atoms with Gasteiger partial charge in [0.15, 0.2) is 6.20 Å². The molecule has 2 heteroatoms. The molecule has 4 aromatic rings. The van der Waals surface area contributed by atoms with Crippen molar-refractivity contribution in [3.63, 3.8) is 0 Å². The average molecular weight is 465 g/mol. The highest BCUT2D eigenvalue weighted by molar-refractivity contribution is 6.91. The summed E-state index contributed by atoms with van der Waals surface area (Å²) in [6.07, 6.45) is 4.99. The summed E-state index contributed by atoms with van der Waals surface area (Å²) < 4.78 is 2.31. The zero-order valence-electron chi connectivity index (χ0n) is 21.7. The minimum Gasteiger partial charge on any atom is -0.200 e. The van der Waals surface area contributed by atoms with Gasteiger partial charge >= 0.3 is 0 Å². The molecule has 0 aliphatic carbocycles. The van der Waals surface area contributed by atoms with Crippen molar-refractivity contribution in [1.29, 1.82) is 0 Å². The molecule has 0 atom stereocenters. The molecule has 2 heterocycles. The predicted octanol–water partition coefficient (Wildman–Crippen LogP) is 7.72. The van der Waals surface area contributed by atoms with E-state index >= 15 is 0 Å². The second-order valence-electron chi connectivity index (χ2n) is 11.6. The second-order valence-corrected chi connectivity index (χ2v) is 16.3. The minimum atomic E-state index is -1.41. The van der Waals surface area contributed by atoms with E-state index < -0.39 is 8.07 Å². The molecule has 5 rings (SSSR count). The number of benzene rings is 3. The van der Waals surface area contributed by atoms with Crippen LogP contribution < -0.4 is 9.75 Å². The van der Waals surface area contributed by atoms with Crippen LogP contribution in [0.2, 0.25) is 18.6 Å². The molecule has 3 aromatic carbocycles. The van der Waals surface area contributed by atoms with Crippen LogP contribution in [0.1, 0.15) is 37.8 Å². The van der Waals surface area contributed by atoms with Crippen molar-refractivity contribution in [2.45, 2.75) is 59.2 Å². The first-order chi connectivity index (χ1) is 16.2. The molecule has 1 aliphatic heterocycles. The van der Waals surface area contributed by atoms with E-state index in [1.54, 1.807) is 5.19 Å². The first-order valence-corrected chi connectivity index (χ1v) is 15.7. The zero-order chi connectivity index (χ0) is 24.1. The number of aryl methyl sites for hydroxylation is 2. The maximum atomic E-state index is 2.62.